The van der Waals surface area contributed by atoms with Gasteiger partial charge in [-0.2, -0.15) is 0 Å². The van der Waals surface area contributed by atoms with E-state index in [0.717, 1.165) is 31.6 Å². The van der Waals surface area contributed by atoms with E-state index in [-0.39, 0.29) is 12.8 Å². The molecular formula is C37H65O10P. The summed E-state index contributed by atoms with van der Waals surface area (Å²) in [6.45, 7) is 5.64. The van der Waals surface area contributed by atoms with Crippen molar-refractivity contribution in [3.8, 4) is 0 Å². The van der Waals surface area contributed by atoms with E-state index in [2.05, 4.69) is 31.4 Å². The molecule has 0 fully saturated rings. The largest absolute Gasteiger partial charge is 0.469 e. The van der Waals surface area contributed by atoms with E-state index in [0.29, 0.717) is 25.7 Å². The molecule has 3 atom stereocenters. The molecule has 0 bridgehead atoms. The van der Waals surface area contributed by atoms with Crippen LogP contribution >= 0.6 is 7.82 Å². The van der Waals surface area contributed by atoms with Gasteiger partial charge in [0.2, 0.25) is 0 Å². The minimum absolute atomic E-state index is 0.00611. The molecule has 0 aliphatic rings. The number of esters is 2. The van der Waals surface area contributed by atoms with E-state index < -0.39 is 51.3 Å². The van der Waals surface area contributed by atoms with Crippen molar-refractivity contribution >= 4 is 19.8 Å². The topological polar surface area (TPSA) is 160 Å². The molecule has 0 aromatic carbocycles. The lowest BCUT2D eigenvalue weighted by molar-refractivity contribution is -0.161. The summed E-state index contributed by atoms with van der Waals surface area (Å²) in [6.07, 6.45) is 27.7. The highest BCUT2D eigenvalue weighted by atomic mass is 31.2. The third-order valence-corrected chi connectivity index (χ3v) is 7.95. The number of aliphatic hydroxyl groups excluding tert-OH is 2. The Bertz CT molecular complexity index is 969. The van der Waals surface area contributed by atoms with Gasteiger partial charge in [0, 0.05) is 12.8 Å². The first-order chi connectivity index (χ1) is 22.9. The van der Waals surface area contributed by atoms with Crippen molar-refractivity contribution in [3.05, 3.63) is 48.6 Å². The summed E-state index contributed by atoms with van der Waals surface area (Å²) in [4.78, 5) is 42.6. The lowest BCUT2D eigenvalue weighted by Gasteiger charge is -2.18. The lowest BCUT2D eigenvalue weighted by atomic mass is 10.0. The molecule has 0 spiro atoms. The second-order valence-corrected chi connectivity index (χ2v) is 14.0. The van der Waals surface area contributed by atoms with Gasteiger partial charge in [-0.1, -0.05) is 134 Å². The van der Waals surface area contributed by atoms with Crippen LogP contribution in [-0.2, 0) is 28.2 Å². The zero-order valence-electron chi connectivity index (χ0n) is 29.8. The summed E-state index contributed by atoms with van der Waals surface area (Å²) in [5, 5.41) is 20.1. The van der Waals surface area contributed by atoms with Crippen molar-refractivity contribution in [2.45, 2.75) is 155 Å². The average molecular weight is 701 g/mol. The normalized spacial score (nSPS) is 14.5. The van der Waals surface area contributed by atoms with Crippen molar-refractivity contribution in [2.24, 2.45) is 5.92 Å². The maximum atomic E-state index is 12.3. The Morgan fingerprint density at radius 3 is 1.92 bits per heavy atom. The van der Waals surface area contributed by atoms with Gasteiger partial charge in [0.05, 0.1) is 18.8 Å². The van der Waals surface area contributed by atoms with E-state index in [9.17, 15) is 24.4 Å². The van der Waals surface area contributed by atoms with E-state index in [1.54, 1.807) is 36.5 Å². The van der Waals surface area contributed by atoms with Crippen molar-refractivity contribution in [1.29, 1.82) is 0 Å². The Morgan fingerprint density at radius 1 is 0.688 bits per heavy atom. The van der Waals surface area contributed by atoms with Crippen molar-refractivity contribution in [1.82, 2.24) is 0 Å². The van der Waals surface area contributed by atoms with Crippen LogP contribution in [0.5, 0.6) is 0 Å². The summed E-state index contributed by atoms with van der Waals surface area (Å²) in [7, 11) is -4.81. The first-order valence-electron chi connectivity index (χ1n) is 18.0. The standard InChI is InChI=1S/C37H65O10P/c1-4-5-6-7-13-18-24-33(38)25-19-15-16-20-26-34(39)27-22-29-36(40)45-30-35(31-46-48(42,43)44)47-37(41)28-21-14-11-9-8-10-12-17-23-32(2)3/h13,15-16,18-20,25-26,32-35,38-39H,4-12,14,17,21-24,27-31H2,1-3H3,(H2,42,43,44)/b16-15+,18-13-,25-19+,26-20-/t33-,34-,35-/m1/s1. The van der Waals surface area contributed by atoms with Gasteiger partial charge in [-0.3, -0.25) is 14.1 Å². The number of hydrogen-bond acceptors (Lipinski definition) is 8. The molecule has 278 valence electrons. The molecule has 0 amide bonds. The molecule has 4 N–H and O–H groups in total. The Kier molecular flexibility index (Phi) is 29.6. The number of ether oxygens (including phenoxy) is 2. The Morgan fingerprint density at radius 2 is 1.29 bits per heavy atom. The van der Waals surface area contributed by atoms with E-state index in [1.807, 2.05) is 6.08 Å². The summed E-state index contributed by atoms with van der Waals surface area (Å²) in [5.74, 6) is -0.382. The molecule has 0 aromatic heterocycles. The molecule has 0 aromatic rings. The van der Waals surface area contributed by atoms with Crippen LogP contribution < -0.4 is 0 Å². The maximum Gasteiger partial charge on any atom is 0.469 e. The van der Waals surface area contributed by atoms with Crippen LogP contribution in [0.25, 0.3) is 0 Å². The fourth-order valence-corrected chi connectivity index (χ4v) is 5.05. The van der Waals surface area contributed by atoms with Crippen LogP contribution in [0.2, 0.25) is 0 Å². The van der Waals surface area contributed by atoms with Gasteiger partial charge in [-0.15, -0.1) is 0 Å². The van der Waals surface area contributed by atoms with Crippen LogP contribution in [0, 0.1) is 5.92 Å². The minimum Gasteiger partial charge on any atom is -0.462 e. The Labute approximate surface area is 290 Å². The molecule has 48 heavy (non-hydrogen) atoms. The number of rotatable bonds is 31. The average Bonchev–Trinajstić information content (AvgIpc) is 3.02. The molecule has 0 saturated heterocycles. The zero-order valence-corrected chi connectivity index (χ0v) is 30.7. The summed E-state index contributed by atoms with van der Waals surface area (Å²) >= 11 is 0. The number of allylic oxidation sites excluding steroid dienone is 5. The second kappa shape index (κ2) is 30.9. The van der Waals surface area contributed by atoms with Crippen LogP contribution in [0.15, 0.2) is 48.6 Å². The Hall–Kier alpha value is -2.07. The van der Waals surface area contributed by atoms with Gasteiger partial charge < -0.3 is 29.5 Å². The molecule has 0 unspecified atom stereocenters. The van der Waals surface area contributed by atoms with Crippen LogP contribution in [0.3, 0.4) is 0 Å². The predicted molar refractivity (Wildman–Crippen MR) is 191 cm³/mol. The van der Waals surface area contributed by atoms with E-state index in [4.69, 9.17) is 19.3 Å². The highest BCUT2D eigenvalue weighted by Gasteiger charge is 2.23. The lowest BCUT2D eigenvalue weighted by Crippen LogP contribution is -2.29. The van der Waals surface area contributed by atoms with Crippen LogP contribution in [0.4, 0.5) is 0 Å². The first-order valence-corrected chi connectivity index (χ1v) is 19.5. The van der Waals surface area contributed by atoms with Crippen LogP contribution in [-0.4, -0.2) is 63.5 Å². The fourth-order valence-electron chi connectivity index (χ4n) is 4.69. The fraction of sp³-hybridized carbons (Fsp3) is 0.730. The smallest absolute Gasteiger partial charge is 0.462 e. The molecule has 0 heterocycles. The SMILES string of the molecule is CCCCC/C=C\C[C@@H](O)/C=C/C=C/C=C\[C@@H](O)CCCC(=O)OC[C@H](COP(=O)(O)O)OC(=O)CCCCCCCCCCC(C)C. The molecule has 0 aliphatic carbocycles. The van der Waals surface area contributed by atoms with Gasteiger partial charge in [-0.05, 0) is 44.4 Å². The predicted octanol–water partition coefficient (Wildman–Crippen LogP) is 8.20. The molecule has 11 heteroatoms. The maximum absolute atomic E-state index is 12.3. The number of phosphoric ester groups is 1. The number of unbranched alkanes of at least 4 members (excludes halogenated alkanes) is 10. The van der Waals surface area contributed by atoms with Gasteiger partial charge in [0.25, 0.3) is 0 Å². The van der Waals surface area contributed by atoms with Gasteiger partial charge in [0.1, 0.15) is 6.61 Å². The molecule has 10 nitrogen and oxygen atoms in total. The first kappa shape index (κ1) is 45.9. The van der Waals surface area contributed by atoms with Crippen LogP contribution in [0.1, 0.15) is 136 Å². The third-order valence-electron chi connectivity index (χ3n) is 7.47. The van der Waals surface area contributed by atoms with Gasteiger partial charge in [0.15, 0.2) is 6.10 Å². The highest BCUT2D eigenvalue weighted by Crippen LogP contribution is 2.36. The van der Waals surface area contributed by atoms with Crippen molar-refractivity contribution < 1.29 is 48.2 Å². The molecule has 0 saturated carbocycles. The zero-order chi connectivity index (χ0) is 35.9. The summed E-state index contributed by atoms with van der Waals surface area (Å²) < 4.78 is 26.1. The monoisotopic (exact) mass is 700 g/mol. The highest BCUT2D eigenvalue weighted by molar-refractivity contribution is 7.46. The molecular weight excluding hydrogens is 635 g/mol. The third kappa shape index (κ3) is 33.8. The second-order valence-electron chi connectivity index (χ2n) is 12.7. The number of aliphatic hydroxyl groups is 2. The number of carbonyl (C=O) groups excluding carboxylic acids is 2. The summed E-state index contributed by atoms with van der Waals surface area (Å²) in [6, 6.07) is 0. The Balaban J connectivity index is 4.29. The number of hydrogen-bond donors (Lipinski definition) is 4. The minimum atomic E-state index is -4.81. The molecule has 0 aliphatic heterocycles. The number of phosphoric acid groups is 1. The molecule has 0 rings (SSSR count). The molecule has 0 radical (unpaired) electrons. The van der Waals surface area contributed by atoms with E-state index in [1.165, 1.54) is 51.4 Å². The summed E-state index contributed by atoms with van der Waals surface area (Å²) in [5.41, 5.74) is 0. The number of carbonyl (C=O) groups is 2. The van der Waals surface area contributed by atoms with Gasteiger partial charge in [-0.25, -0.2) is 4.57 Å². The van der Waals surface area contributed by atoms with Crippen molar-refractivity contribution in [3.63, 3.8) is 0 Å². The quantitative estimate of drug-likeness (QED) is 0.0183. The van der Waals surface area contributed by atoms with Gasteiger partial charge >= 0.3 is 19.8 Å². The van der Waals surface area contributed by atoms with E-state index >= 15 is 0 Å². The van der Waals surface area contributed by atoms with Crippen molar-refractivity contribution in [2.75, 3.05) is 13.2 Å².